The van der Waals surface area contributed by atoms with E-state index in [9.17, 15) is 13.2 Å². The number of nitrogens with zero attached hydrogens (tertiary/aromatic N) is 2. The fraction of sp³-hybridized carbons (Fsp3) is 0.286. The van der Waals surface area contributed by atoms with E-state index in [0.29, 0.717) is 18.7 Å². The first-order chi connectivity index (χ1) is 10.9. The smallest absolute Gasteiger partial charge is 0.319 e. The van der Waals surface area contributed by atoms with E-state index in [1.807, 2.05) is 6.92 Å². The van der Waals surface area contributed by atoms with Crippen molar-refractivity contribution in [2.24, 2.45) is 5.14 Å². The van der Waals surface area contributed by atoms with Crippen LogP contribution in [0, 0.1) is 0 Å². The van der Waals surface area contributed by atoms with E-state index in [0.717, 1.165) is 12.1 Å². The van der Waals surface area contributed by atoms with E-state index in [4.69, 9.17) is 5.14 Å². The van der Waals surface area contributed by atoms with Gasteiger partial charge in [0.1, 0.15) is 0 Å². The fourth-order valence-corrected chi connectivity index (χ4v) is 2.46. The Bertz CT molecular complexity index is 768. The maximum Gasteiger partial charge on any atom is 0.319 e. The standard InChI is InChI=1S/C14H19N5O3S/c1-2-19-10-12(9-17-19)18-14(20)16-8-7-11-3-5-13(6-4-11)23(15,21)22/h3-6,9-10H,2,7-8H2,1H3,(H2,15,21,22)(H2,16,18,20). The third-order valence-corrected chi connectivity index (χ3v) is 4.10. The van der Waals surface area contributed by atoms with Crippen molar-refractivity contribution in [1.29, 1.82) is 0 Å². The summed E-state index contributed by atoms with van der Waals surface area (Å²) in [6, 6.07) is 5.92. The second-order valence-corrected chi connectivity index (χ2v) is 6.47. The summed E-state index contributed by atoms with van der Waals surface area (Å²) in [6.45, 7) is 3.11. The molecule has 0 fully saturated rings. The largest absolute Gasteiger partial charge is 0.338 e. The van der Waals surface area contributed by atoms with Crippen LogP contribution in [-0.2, 0) is 23.0 Å². The number of carbonyl (C=O) groups is 1. The van der Waals surface area contributed by atoms with Crippen LogP contribution in [0.1, 0.15) is 12.5 Å². The molecule has 2 rings (SSSR count). The van der Waals surface area contributed by atoms with Gasteiger partial charge in [0.25, 0.3) is 0 Å². The predicted octanol–water partition coefficient (Wildman–Crippen LogP) is 0.915. The molecule has 1 aromatic carbocycles. The van der Waals surface area contributed by atoms with Crippen molar-refractivity contribution in [3.63, 3.8) is 0 Å². The first-order valence-corrected chi connectivity index (χ1v) is 8.62. The molecule has 23 heavy (non-hydrogen) atoms. The Morgan fingerprint density at radius 1 is 1.30 bits per heavy atom. The number of nitrogens with two attached hydrogens (primary N) is 1. The van der Waals surface area contributed by atoms with Crippen LogP contribution in [0.25, 0.3) is 0 Å². The molecule has 8 nitrogen and oxygen atoms in total. The van der Waals surface area contributed by atoms with E-state index >= 15 is 0 Å². The predicted molar refractivity (Wildman–Crippen MR) is 86.4 cm³/mol. The first-order valence-electron chi connectivity index (χ1n) is 7.07. The molecule has 9 heteroatoms. The zero-order chi connectivity index (χ0) is 16.9. The molecule has 2 aromatic rings. The zero-order valence-electron chi connectivity index (χ0n) is 12.7. The average Bonchev–Trinajstić information content (AvgIpc) is 2.94. The van der Waals surface area contributed by atoms with Gasteiger partial charge < -0.3 is 10.6 Å². The van der Waals surface area contributed by atoms with Crippen LogP contribution in [-0.4, -0.2) is 30.8 Å². The number of carbonyl (C=O) groups excluding carboxylic acids is 1. The minimum absolute atomic E-state index is 0.0693. The van der Waals surface area contributed by atoms with E-state index in [1.54, 1.807) is 29.2 Å². The number of amides is 2. The monoisotopic (exact) mass is 337 g/mol. The van der Waals surface area contributed by atoms with E-state index in [1.165, 1.54) is 12.1 Å². The number of nitrogens with one attached hydrogen (secondary N) is 2. The number of aryl methyl sites for hydroxylation is 1. The first kappa shape index (κ1) is 17.0. The number of hydrogen-bond acceptors (Lipinski definition) is 4. The van der Waals surface area contributed by atoms with Crippen molar-refractivity contribution in [2.75, 3.05) is 11.9 Å². The SMILES string of the molecule is CCn1cc(NC(=O)NCCc2ccc(S(N)(=O)=O)cc2)cn1. The Kier molecular flexibility index (Phi) is 5.35. The average molecular weight is 337 g/mol. The summed E-state index contributed by atoms with van der Waals surface area (Å²) in [5, 5.41) is 14.5. The van der Waals surface area contributed by atoms with Gasteiger partial charge in [-0.25, -0.2) is 18.4 Å². The van der Waals surface area contributed by atoms with Crippen LogP contribution in [0.3, 0.4) is 0 Å². The van der Waals surface area contributed by atoms with Gasteiger partial charge in [0.2, 0.25) is 10.0 Å². The maximum atomic E-state index is 11.7. The molecule has 1 aromatic heterocycles. The van der Waals surface area contributed by atoms with Crippen molar-refractivity contribution in [1.82, 2.24) is 15.1 Å². The van der Waals surface area contributed by atoms with Gasteiger partial charge in [0, 0.05) is 19.3 Å². The Labute approximate surface area is 134 Å². The number of rotatable bonds is 6. The lowest BCUT2D eigenvalue weighted by Crippen LogP contribution is -2.30. The molecule has 0 saturated carbocycles. The maximum absolute atomic E-state index is 11.7. The zero-order valence-corrected chi connectivity index (χ0v) is 13.5. The molecule has 0 aliphatic heterocycles. The Hall–Kier alpha value is -2.39. The van der Waals surface area contributed by atoms with Crippen molar-refractivity contribution in [3.05, 3.63) is 42.2 Å². The third-order valence-electron chi connectivity index (χ3n) is 3.17. The number of urea groups is 1. The summed E-state index contributed by atoms with van der Waals surface area (Å²) in [5.41, 5.74) is 1.53. The number of hydrogen-bond donors (Lipinski definition) is 3. The number of aromatic nitrogens is 2. The molecular formula is C14H19N5O3S. The molecule has 0 bridgehead atoms. The molecule has 2 amide bonds. The molecule has 0 spiro atoms. The van der Waals surface area contributed by atoms with Gasteiger partial charge in [-0.1, -0.05) is 12.1 Å². The highest BCUT2D eigenvalue weighted by molar-refractivity contribution is 7.89. The second-order valence-electron chi connectivity index (χ2n) is 4.90. The molecule has 124 valence electrons. The third kappa shape index (κ3) is 5.08. The topological polar surface area (TPSA) is 119 Å². The summed E-state index contributed by atoms with van der Waals surface area (Å²) < 4.78 is 24.0. The molecule has 4 N–H and O–H groups in total. The summed E-state index contributed by atoms with van der Waals surface area (Å²) in [4.78, 5) is 11.8. The highest BCUT2D eigenvalue weighted by Crippen LogP contribution is 2.09. The van der Waals surface area contributed by atoms with Gasteiger partial charge in [-0.05, 0) is 31.0 Å². The van der Waals surface area contributed by atoms with Crippen LogP contribution in [0.15, 0.2) is 41.6 Å². The lowest BCUT2D eigenvalue weighted by molar-refractivity contribution is 0.252. The number of primary sulfonamides is 1. The van der Waals surface area contributed by atoms with Gasteiger partial charge in [0.15, 0.2) is 0 Å². The Morgan fingerprint density at radius 2 is 2.00 bits per heavy atom. The van der Waals surface area contributed by atoms with Gasteiger partial charge in [0.05, 0.1) is 16.8 Å². The normalized spacial score (nSPS) is 11.2. The fourth-order valence-electron chi connectivity index (χ4n) is 1.94. The molecule has 0 aliphatic rings. The molecule has 0 radical (unpaired) electrons. The van der Waals surface area contributed by atoms with Gasteiger partial charge in [-0.3, -0.25) is 4.68 Å². The Balaban J connectivity index is 1.79. The van der Waals surface area contributed by atoms with Crippen LogP contribution in [0.2, 0.25) is 0 Å². The molecular weight excluding hydrogens is 318 g/mol. The molecule has 0 saturated heterocycles. The highest BCUT2D eigenvalue weighted by Gasteiger charge is 2.07. The van der Waals surface area contributed by atoms with Crippen LogP contribution < -0.4 is 15.8 Å². The van der Waals surface area contributed by atoms with Crippen LogP contribution in [0.5, 0.6) is 0 Å². The molecule has 0 unspecified atom stereocenters. The lowest BCUT2D eigenvalue weighted by atomic mass is 10.1. The summed E-state index contributed by atoms with van der Waals surface area (Å²) in [7, 11) is -3.68. The summed E-state index contributed by atoms with van der Waals surface area (Å²) >= 11 is 0. The number of sulfonamides is 1. The van der Waals surface area contributed by atoms with Gasteiger partial charge >= 0.3 is 6.03 Å². The Morgan fingerprint density at radius 3 is 2.57 bits per heavy atom. The van der Waals surface area contributed by atoms with Crippen molar-refractivity contribution >= 4 is 21.7 Å². The van der Waals surface area contributed by atoms with Crippen LogP contribution in [0.4, 0.5) is 10.5 Å². The van der Waals surface area contributed by atoms with Crippen molar-refractivity contribution in [3.8, 4) is 0 Å². The summed E-state index contributed by atoms with van der Waals surface area (Å²) in [5.74, 6) is 0. The summed E-state index contributed by atoms with van der Waals surface area (Å²) in [6.07, 6.45) is 3.90. The van der Waals surface area contributed by atoms with Crippen LogP contribution >= 0.6 is 0 Å². The minimum Gasteiger partial charge on any atom is -0.338 e. The lowest BCUT2D eigenvalue weighted by Gasteiger charge is -2.06. The van der Waals surface area contributed by atoms with Crippen molar-refractivity contribution in [2.45, 2.75) is 24.8 Å². The second kappa shape index (κ2) is 7.25. The molecule has 0 atom stereocenters. The quantitative estimate of drug-likeness (QED) is 0.726. The van der Waals surface area contributed by atoms with E-state index in [-0.39, 0.29) is 10.9 Å². The number of benzene rings is 1. The van der Waals surface area contributed by atoms with E-state index < -0.39 is 10.0 Å². The van der Waals surface area contributed by atoms with Gasteiger partial charge in [-0.2, -0.15) is 5.10 Å². The highest BCUT2D eigenvalue weighted by atomic mass is 32.2. The number of anilines is 1. The van der Waals surface area contributed by atoms with Crippen molar-refractivity contribution < 1.29 is 13.2 Å². The van der Waals surface area contributed by atoms with E-state index in [2.05, 4.69) is 15.7 Å². The molecule has 1 heterocycles. The van der Waals surface area contributed by atoms with Gasteiger partial charge in [-0.15, -0.1) is 0 Å². The molecule has 0 aliphatic carbocycles. The minimum atomic E-state index is -3.68.